The van der Waals surface area contributed by atoms with E-state index in [4.69, 9.17) is 0 Å². The standard InChI is InChI=1S/C14H15N3O4S/c1-17(9-6-7-22(20,21)8-9)14(19)12-15-11-5-3-2-4-10(11)13(18)16-12/h2-5,9H,6-8H2,1H3,(H,15,16,18). The van der Waals surface area contributed by atoms with Gasteiger partial charge in [0.15, 0.2) is 15.7 Å². The lowest BCUT2D eigenvalue weighted by molar-refractivity contribution is 0.0735. The molecule has 1 N–H and O–H groups in total. The number of aromatic amines is 1. The summed E-state index contributed by atoms with van der Waals surface area (Å²) in [5, 5.41) is 0.408. The number of sulfone groups is 1. The van der Waals surface area contributed by atoms with Crippen molar-refractivity contribution in [2.45, 2.75) is 12.5 Å². The molecular formula is C14H15N3O4S. The zero-order chi connectivity index (χ0) is 15.9. The van der Waals surface area contributed by atoms with Crippen molar-refractivity contribution < 1.29 is 13.2 Å². The first kappa shape index (κ1) is 14.7. The molecule has 8 heteroatoms. The maximum Gasteiger partial charge on any atom is 0.289 e. The SMILES string of the molecule is CN(C(=O)c1nc2ccccc2c(=O)[nH]1)C1CCS(=O)(=O)C1. The molecule has 1 aliphatic rings. The number of nitrogens with one attached hydrogen (secondary N) is 1. The monoisotopic (exact) mass is 321 g/mol. The molecule has 116 valence electrons. The van der Waals surface area contributed by atoms with Crippen LogP contribution >= 0.6 is 0 Å². The predicted octanol–water partition coefficient (Wildman–Crippen LogP) is 0.182. The quantitative estimate of drug-likeness (QED) is 0.850. The largest absolute Gasteiger partial charge is 0.335 e. The van der Waals surface area contributed by atoms with E-state index in [1.807, 2.05) is 0 Å². The molecule has 1 aromatic heterocycles. The number of hydrogen-bond acceptors (Lipinski definition) is 5. The summed E-state index contributed by atoms with van der Waals surface area (Å²) in [5.74, 6) is -0.523. The molecule has 7 nitrogen and oxygen atoms in total. The molecule has 1 fully saturated rings. The zero-order valence-electron chi connectivity index (χ0n) is 11.9. The van der Waals surface area contributed by atoms with E-state index in [2.05, 4.69) is 9.97 Å². The van der Waals surface area contributed by atoms with Crippen LogP contribution in [0.4, 0.5) is 0 Å². The first-order chi connectivity index (χ1) is 10.4. The number of para-hydroxylation sites is 1. The zero-order valence-corrected chi connectivity index (χ0v) is 12.8. The molecule has 0 bridgehead atoms. The van der Waals surface area contributed by atoms with E-state index in [1.54, 1.807) is 24.3 Å². The fourth-order valence-electron chi connectivity index (χ4n) is 2.60. The molecule has 3 rings (SSSR count). The molecule has 0 spiro atoms. The predicted molar refractivity (Wildman–Crippen MR) is 81.5 cm³/mol. The van der Waals surface area contributed by atoms with Crippen LogP contribution in [0.1, 0.15) is 17.0 Å². The van der Waals surface area contributed by atoms with Crippen LogP contribution < -0.4 is 5.56 Å². The number of benzene rings is 1. The number of rotatable bonds is 2. The normalized spacial score (nSPS) is 20.1. The van der Waals surface area contributed by atoms with E-state index < -0.39 is 15.7 Å². The molecule has 1 aliphatic heterocycles. The summed E-state index contributed by atoms with van der Waals surface area (Å²) >= 11 is 0. The number of carbonyl (C=O) groups is 1. The molecule has 1 atom stereocenters. The molecule has 0 radical (unpaired) electrons. The Labute approximate surface area is 126 Å². The van der Waals surface area contributed by atoms with Gasteiger partial charge in [-0.05, 0) is 18.6 Å². The molecule has 1 unspecified atom stereocenters. The first-order valence-electron chi connectivity index (χ1n) is 6.84. The Hall–Kier alpha value is -2.22. The van der Waals surface area contributed by atoms with E-state index >= 15 is 0 Å². The van der Waals surface area contributed by atoms with Crippen molar-refractivity contribution >= 4 is 26.6 Å². The minimum absolute atomic E-state index is 0.0486. The van der Waals surface area contributed by atoms with Crippen LogP contribution in [0, 0.1) is 0 Å². The maximum absolute atomic E-state index is 12.4. The van der Waals surface area contributed by atoms with E-state index in [-0.39, 0.29) is 28.9 Å². The van der Waals surface area contributed by atoms with Gasteiger partial charge in [-0.1, -0.05) is 12.1 Å². The Bertz CT molecular complexity index is 904. The lowest BCUT2D eigenvalue weighted by Gasteiger charge is -2.22. The Morgan fingerprint density at radius 2 is 2.09 bits per heavy atom. The van der Waals surface area contributed by atoms with Crippen LogP contribution in [0.2, 0.25) is 0 Å². The maximum atomic E-state index is 12.4. The summed E-state index contributed by atoms with van der Waals surface area (Å²) < 4.78 is 23.0. The third-order valence-corrected chi connectivity index (χ3v) is 5.64. The van der Waals surface area contributed by atoms with Crippen molar-refractivity contribution in [1.29, 1.82) is 0 Å². The van der Waals surface area contributed by atoms with Gasteiger partial charge in [-0.3, -0.25) is 9.59 Å². The average Bonchev–Trinajstić information content (AvgIpc) is 2.86. The second-order valence-corrected chi connectivity index (χ2v) is 7.63. The van der Waals surface area contributed by atoms with Crippen molar-refractivity contribution in [2.75, 3.05) is 18.6 Å². The van der Waals surface area contributed by atoms with Gasteiger partial charge in [0.25, 0.3) is 11.5 Å². The van der Waals surface area contributed by atoms with Crippen molar-refractivity contribution in [3.8, 4) is 0 Å². The van der Waals surface area contributed by atoms with Gasteiger partial charge in [0.05, 0.1) is 22.4 Å². The Morgan fingerprint density at radius 3 is 2.77 bits per heavy atom. The van der Waals surface area contributed by atoms with Crippen LogP contribution in [-0.4, -0.2) is 53.8 Å². The highest BCUT2D eigenvalue weighted by atomic mass is 32.2. The first-order valence-corrected chi connectivity index (χ1v) is 8.66. The molecule has 22 heavy (non-hydrogen) atoms. The van der Waals surface area contributed by atoms with E-state index in [1.165, 1.54) is 11.9 Å². The Balaban J connectivity index is 1.94. The molecule has 2 heterocycles. The van der Waals surface area contributed by atoms with E-state index in [9.17, 15) is 18.0 Å². The summed E-state index contributed by atoms with van der Waals surface area (Å²) in [5.41, 5.74) is 0.0448. The number of hydrogen-bond donors (Lipinski definition) is 1. The smallest absolute Gasteiger partial charge is 0.289 e. The van der Waals surface area contributed by atoms with Gasteiger partial charge in [0, 0.05) is 13.1 Å². The lowest BCUT2D eigenvalue weighted by Crippen LogP contribution is -2.39. The van der Waals surface area contributed by atoms with E-state index in [0.717, 1.165) is 0 Å². The fraction of sp³-hybridized carbons (Fsp3) is 0.357. The van der Waals surface area contributed by atoms with Crippen molar-refractivity contribution in [1.82, 2.24) is 14.9 Å². The molecular weight excluding hydrogens is 306 g/mol. The summed E-state index contributed by atoms with van der Waals surface area (Å²) in [4.78, 5) is 32.4. The summed E-state index contributed by atoms with van der Waals surface area (Å²) in [6, 6.07) is 6.35. The number of fused-ring (bicyclic) bond motifs is 1. The summed E-state index contributed by atoms with van der Waals surface area (Å²) in [6.07, 6.45) is 0.405. The fourth-order valence-corrected chi connectivity index (χ4v) is 4.38. The van der Waals surface area contributed by atoms with Gasteiger partial charge < -0.3 is 9.88 Å². The highest BCUT2D eigenvalue weighted by Crippen LogP contribution is 2.18. The lowest BCUT2D eigenvalue weighted by atomic mass is 10.2. The van der Waals surface area contributed by atoms with Crippen LogP contribution in [0.3, 0.4) is 0 Å². The van der Waals surface area contributed by atoms with Crippen LogP contribution in [0.25, 0.3) is 10.9 Å². The highest BCUT2D eigenvalue weighted by Gasteiger charge is 2.33. The summed E-state index contributed by atoms with van der Waals surface area (Å²) in [6.45, 7) is 0. The van der Waals surface area contributed by atoms with E-state index in [0.29, 0.717) is 17.3 Å². The third kappa shape index (κ3) is 2.61. The average molecular weight is 321 g/mol. The number of carbonyl (C=O) groups excluding carboxylic acids is 1. The number of aromatic nitrogens is 2. The van der Waals surface area contributed by atoms with Gasteiger partial charge in [-0.25, -0.2) is 13.4 Å². The van der Waals surface area contributed by atoms with Crippen molar-refractivity contribution in [3.05, 3.63) is 40.4 Å². The van der Waals surface area contributed by atoms with Crippen LogP contribution in [-0.2, 0) is 9.84 Å². The number of amides is 1. The topological polar surface area (TPSA) is 100 Å². The molecule has 2 aromatic rings. The van der Waals surface area contributed by atoms with Gasteiger partial charge in [-0.2, -0.15) is 0 Å². The second-order valence-electron chi connectivity index (χ2n) is 5.40. The molecule has 1 aromatic carbocycles. The molecule has 0 saturated carbocycles. The van der Waals surface area contributed by atoms with Crippen molar-refractivity contribution in [3.63, 3.8) is 0 Å². The number of H-pyrrole nitrogens is 1. The van der Waals surface area contributed by atoms with Crippen molar-refractivity contribution in [2.24, 2.45) is 0 Å². The Kier molecular flexibility index (Phi) is 3.48. The molecule has 0 aliphatic carbocycles. The van der Waals surface area contributed by atoms with Crippen LogP contribution in [0.15, 0.2) is 29.1 Å². The van der Waals surface area contributed by atoms with Gasteiger partial charge in [0.1, 0.15) is 0 Å². The molecule has 1 amide bonds. The van der Waals surface area contributed by atoms with Gasteiger partial charge in [-0.15, -0.1) is 0 Å². The number of nitrogens with zero attached hydrogens (tertiary/aromatic N) is 2. The minimum atomic E-state index is -3.09. The third-order valence-electron chi connectivity index (χ3n) is 3.89. The molecule has 1 saturated heterocycles. The Morgan fingerprint density at radius 1 is 1.36 bits per heavy atom. The summed E-state index contributed by atoms with van der Waals surface area (Å²) in [7, 11) is -1.55. The van der Waals surface area contributed by atoms with Gasteiger partial charge in [0.2, 0.25) is 0 Å². The van der Waals surface area contributed by atoms with Gasteiger partial charge >= 0.3 is 0 Å². The minimum Gasteiger partial charge on any atom is -0.335 e. The second kappa shape index (κ2) is 5.20. The van der Waals surface area contributed by atoms with Crippen LogP contribution in [0.5, 0.6) is 0 Å². The highest BCUT2D eigenvalue weighted by molar-refractivity contribution is 7.91.